The van der Waals surface area contributed by atoms with E-state index in [9.17, 15) is 0 Å². The molecule has 2 heterocycles. The van der Waals surface area contributed by atoms with Crippen molar-refractivity contribution in [3.05, 3.63) is 162 Å². The van der Waals surface area contributed by atoms with Gasteiger partial charge >= 0.3 is 0 Å². The van der Waals surface area contributed by atoms with Crippen LogP contribution in [0.4, 0.5) is 0 Å². The minimum absolute atomic E-state index is 1.16. The second-order valence-electron chi connectivity index (χ2n) is 11.9. The van der Waals surface area contributed by atoms with Gasteiger partial charge in [-0.15, -0.1) is 0 Å². The lowest BCUT2D eigenvalue weighted by Crippen LogP contribution is -2.44. The molecule has 4 aromatic carbocycles. The van der Waals surface area contributed by atoms with Crippen molar-refractivity contribution in [1.82, 2.24) is 0 Å². The Labute approximate surface area is 282 Å². The van der Waals surface area contributed by atoms with Crippen molar-refractivity contribution in [2.45, 2.75) is 51.9 Å². The van der Waals surface area contributed by atoms with Gasteiger partial charge < -0.3 is 0 Å². The van der Waals surface area contributed by atoms with Crippen LogP contribution in [0.3, 0.4) is 0 Å². The number of hydrogen-bond acceptors (Lipinski definition) is 0. The molecule has 0 aliphatic carbocycles. The molecule has 0 fully saturated rings. The maximum atomic E-state index is 4.41. The lowest BCUT2D eigenvalue weighted by atomic mass is 9.90. The summed E-state index contributed by atoms with van der Waals surface area (Å²) in [7, 11) is -4.44. The van der Waals surface area contributed by atoms with Crippen LogP contribution < -0.4 is 0 Å². The molecular formula is C40H40Br2Si2. The van der Waals surface area contributed by atoms with Gasteiger partial charge in [0.1, 0.15) is 16.1 Å². The van der Waals surface area contributed by atoms with Crippen molar-refractivity contribution in [3.8, 4) is 0 Å². The summed E-state index contributed by atoms with van der Waals surface area (Å²) in [5, 5.41) is 3.35. The molecule has 6 rings (SSSR count). The summed E-state index contributed by atoms with van der Waals surface area (Å²) in [5.74, 6) is 0. The van der Waals surface area contributed by atoms with Crippen molar-refractivity contribution in [3.63, 3.8) is 0 Å². The van der Waals surface area contributed by atoms with Gasteiger partial charge in [0.2, 0.25) is 0 Å². The zero-order valence-corrected chi connectivity index (χ0v) is 31.3. The smallest absolute Gasteiger partial charge is 0.0671 e. The molecule has 0 spiro atoms. The molecule has 2 aliphatic heterocycles. The number of allylic oxidation sites excluding steroid dienone is 6. The van der Waals surface area contributed by atoms with Gasteiger partial charge in [0, 0.05) is 0 Å². The van der Waals surface area contributed by atoms with Gasteiger partial charge in [-0.2, -0.15) is 0 Å². The number of rotatable bonds is 9. The zero-order chi connectivity index (χ0) is 30.9. The van der Waals surface area contributed by atoms with E-state index in [4.69, 9.17) is 0 Å². The van der Waals surface area contributed by atoms with Crippen LogP contribution in [0, 0.1) is 0 Å². The summed E-state index contributed by atoms with van der Waals surface area (Å²) in [5.41, 5.74) is 11.0. The highest BCUT2D eigenvalue weighted by Gasteiger charge is 2.55. The molecule has 4 heteroatoms. The summed E-state index contributed by atoms with van der Waals surface area (Å²) in [6.45, 7) is 9.81. The van der Waals surface area contributed by atoms with Crippen LogP contribution in [0.25, 0.3) is 22.3 Å². The SMILES string of the molecule is CC[Si]1(CC)C(Br)=C(c2ccccc2)C(c2ccccc2)=C1C1=C(c2ccccc2)C(c2ccccc2)=C(Br)[Si]1(CC)CC. The first-order valence-electron chi connectivity index (χ1n) is 16.0. The fraction of sp³-hybridized carbons (Fsp3) is 0.200. The Morgan fingerprint density at radius 1 is 0.364 bits per heavy atom. The van der Waals surface area contributed by atoms with E-state index in [2.05, 4.69) is 181 Å². The molecular weight excluding hydrogens is 696 g/mol. The van der Waals surface area contributed by atoms with Crippen LogP contribution in [-0.2, 0) is 0 Å². The molecule has 44 heavy (non-hydrogen) atoms. The van der Waals surface area contributed by atoms with Gasteiger partial charge in [0.25, 0.3) is 0 Å². The second kappa shape index (κ2) is 12.9. The Morgan fingerprint density at radius 2 is 0.591 bits per heavy atom. The van der Waals surface area contributed by atoms with Crippen LogP contribution in [-0.4, -0.2) is 16.1 Å². The molecule has 2 aliphatic rings. The monoisotopic (exact) mass is 734 g/mol. The molecule has 0 aromatic heterocycles. The average Bonchev–Trinajstić information content (AvgIpc) is 3.50. The summed E-state index contributed by atoms with van der Waals surface area (Å²) in [4.78, 5) is 0. The van der Waals surface area contributed by atoms with Gasteiger partial charge in [-0.25, -0.2) is 0 Å². The van der Waals surface area contributed by atoms with E-state index in [1.165, 1.54) is 52.8 Å². The molecule has 0 saturated carbocycles. The Bertz CT molecular complexity index is 1640. The van der Waals surface area contributed by atoms with Crippen LogP contribution >= 0.6 is 31.9 Å². The summed E-state index contributed by atoms with van der Waals surface area (Å²) < 4.78 is 2.93. The molecule has 222 valence electrons. The maximum absolute atomic E-state index is 4.41. The number of benzene rings is 4. The summed E-state index contributed by atoms with van der Waals surface area (Å²) in [6, 6.07) is 49.4. The molecule has 0 radical (unpaired) electrons. The molecule has 0 amide bonds. The van der Waals surface area contributed by atoms with Crippen molar-refractivity contribution in [2.24, 2.45) is 0 Å². The highest BCUT2D eigenvalue weighted by atomic mass is 79.9. The van der Waals surface area contributed by atoms with Crippen LogP contribution in [0.1, 0.15) is 49.9 Å². The summed E-state index contributed by atoms with van der Waals surface area (Å²) in [6.07, 6.45) is 0. The van der Waals surface area contributed by atoms with E-state index >= 15 is 0 Å². The van der Waals surface area contributed by atoms with E-state index in [0.717, 1.165) is 24.2 Å². The van der Waals surface area contributed by atoms with Crippen LogP contribution in [0.5, 0.6) is 0 Å². The molecule has 0 nitrogen and oxygen atoms in total. The Balaban J connectivity index is 1.85. The Kier molecular flexibility index (Phi) is 9.17. The summed E-state index contributed by atoms with van der Waals surface area (Å²) >= 11 is 8.82. The molecule has 4 aromatic rings. The third kappa shape index (κ3) is 4.81. The lowest BCUT2D eigenvalue weighted by Gasteiger charge is -2.38. The van der Waals surface area contributed by atoms with Crippen LogP contribution in [0.2, 0.25) is 24.2 Å². The predicted octanol–water partition coefficient (Wildman–Crippen LogP) is 12.7. The first-order chi connectivity index (χ1) is 21.5. The van der Waals surface area contributed by atoms with Gasteiger partial charge in [0.15, 0.2) is 0 Å². The fourth-order valence-corrected chi connectivity index (χ4v) is 22.9. The largest absolute Gasteiger partial charge is 0.128 e. The van der Waals surface area contributed by atoms with E-state index < -0.39 is 16.1 Å². The first kappa shape index (κ1) is 31.2. The van der Waals surface area contributed by atoms with Crippen molar-refractivity contribution < 1.29 is 0 Å². The predicted molar refractivity (Wildman–Crippen MR) is 205 cm³/mol. The van der Waals surface area contributed by atoms with Gasteiger partial charge in [-0.05, 0) is 63.2 Å². The van der Waals surface area contributed by atoms with E-state index in [1.54, 1.807) is 10.4 Å². The minimum atomic E-state index is -2.22. The van der Waals surface area contributed by atoms with E-state index in [1.807, 2.05) is 0 Å². The number of hydrogen-bond donors (Lipinski definition) is 0. The highest BCUT2D eigenvalue weighted by Crippen LogP contribution is 2.63. The first-order valence-corrected chi connectivity index (χ1v) is 22.4. The maximum Gasteiger partial charge on any atom is 0.128 e. The molecule has 0 unspecified atom stereocenters. The normalized spacial score (nSPS) is 17.7. The standard InChI is InChI=1S/C40H40Br2Si2/c1-5-43(6-2)37(33(29-21-13-9-14-22-29)35(39(43)41)31-25-17-11-18-26-31)38-34(30-23-15-10-16-24-30)36(32-27-19-12-20-28-32)40(42)44(38,7-3)8-4/h9-28H,5-8H2,1-4H3. The fourth-order valence-electron chi connectivity index (χ4n) is 7.74. The van der Waals surface area contributed by atoms with Gasteiger partial charge in [-0.1, -0.05) is 205 Å². The molecule has 0 N–H and O–H groups in total. The molecule has 0 bridgehead atoms. The van der Waals surface area contributed by atoms with Crippen molar-refractivity contribution >= 4 is 70.3 Å². The molecule has 0 saturated heterocycles. The van der Waals surface area contributed by atoms with Crippen molar-refractivity contribution in [1.29, 1.82) is 0 Å². The van der Waals surface area contributed by atoms with Gasteiger partial charge in [-0.3, -0.25) is 0 Å². The Hall–Kier alpha value is -2.77. The van der Waals surface area contributed by atoms with Gasteiger partial charge in [0.05, 0.1) is 0 Å². The number of halogens is 2. The average molecular weight is 737 g/mol. The third-order valence-corrected chi connectivity index (χ3v) is 25.7. The Morgan fingerprint density at radius 3 is 0.818 bits per heavy atom. The zero-order valence-electron chi connectivity index (χ0n) is 26.1. The van der Waals surface area contributed by atoms with Crippen LogP contribution in [0.15, 0.2) is 140 Å². The second-order valence-corrected chi connectivity index (χ2v) is 24.1. The quantitative estimate of drug-likeness (QED) is 0.150. The van der Waals surface area contributed by atoms with Crippen molar-refractivity contribution in [2.75, 3.05) is 0 Å². The van der Waals surface area contributed by atoms with E-state index in [0.29, 0.717) is 0 Å². The van der Waals surface area contributed by atoms with E-state index in [-0.39, 0.29) is 0 Å². The third-order valence-electron chi connectivity index (χ3n) is 10.2. The lowest BCUT2D eigenvalue weighted by molar-refractivity contribution is 1.25. The topological polar surface area (TPSA) is 0 Å². The minimum Gasteiger partial charge on any atom is -0.0671 e. The highest BCUT2D eigenvalue weighted by molar-refractivity contribution is 9.12. The molecule has 0 atom stereocenters.